The monoisotopic (exact) mass is 597 g/mol. The van der Waals surface area contributed by atoms with E-state index >= 15 is 0 Å². The third-order valence-electron chi connectivity index (χ3n) is 5.88. The number of sulfone groups is 1. The van der Waals surface area contributed by atoms with Gasteiger partial charge in [0.25, 0.3) is 0 Å². The maximum atomic E-state index is 12.4. The first-order valence-corrected chi connectivity index (χ1v) is 13.9. The van der Waals surface area contributed by atoms with Crippen LogP contribution >= 0.6 is 35.6 Å². The molecular formula is C25H26Cl3N5O4S. The zero-order valence-corrected chi connectivity index (χ0v) is 23.9. The van der Waals surface area contributed by atoms with Gasteiger partial charge >= 0.3 is 0 Å². The zero-order chi connectivity index (χ0) is 26.8. The van der Waals surface area contributed by atoms with E-state index in [1.54, 1.807) is 42.5 Å². The van der Waals surface area contributed by atoms with Gasteiger partial charge in [-0.1, -0.05) is 29.3 Å². The molecule has 0 aliphatic heterocycles. The van der Waals surface area contributed by atoms with Gasteiger partial charge in [-0.25, -0.2) is 18.4 Å². The van der Waals surface area contributed by atoms with Crippen LogP contribution in [0, 0.1) is 0 Å². The van der Waals surface area contributed by atoms with Crippen LogP contribution in [-0.4, -0.2) is 46.4 Å². The Morgan fingerprint density at radius 3 is 2.55 bits per heavy atom. The Kier molecular flexibility index (Phi) is 9.14. The first-order valence-electron chi connectivity index (χ1n) is 11.2. The molecule has 202 valence electrons. The lowest BCUT2D eigenvalue weighted by Crippen LogP contribution is -2.48. The zero-order valence-electron chi connectivity index (χ0n) is 20.7. The van der Waals surface area contributed by atoms with E-state index in [-0.39, 0.29) is 19.0 Å². The van der Waals surface area contributed by atoms with Gasteiger partial charge in [0, 0.05) is 36.3 Å². The molecule has 2 heterocycles. The molecule has 0 bridgehead atoms. The normalized spacial score (nSPS) is 11.6. The summed E-state index contributed by atoms with van der Waals surface area (Å²) in [5.41, 5.74) is 2.10. The Morgan fingerprint density at radius 2 is 1.87 bits per heavy atom. The number of aromatic nitrogens is 3. The predicted molar refractivity (Wildman–Crippen MR) is 153 cm³/mol. The molecule has 0 aliphatic rings. The van der Waals surface area contributed by atoms with Crippen molar-refractivity contribution in [1.82, 2.24) is 19.9 Å². The smallest absolute Gasteiger partial charge is 0.240 e. The minimum atomic E-state index is -3.56. The molecule has 0 radical (unpaired) electrons. The van der Waals surface area contributed by atoms with Crippen LogP contribution in [0.5, 0.6) is 11.5 Å². The van der Waals surface area contributed by atoms with Crippen LogP contribution < -0.4 is 15.4 Å². The third kappa shape index (κ3) is 6.50. The molecule has 0 spiro atoms. The Balaban J connectivity index is 0.00000400. The average molecular weight is 599 g/mol. The first kappa shape index (κ1) is 29.5. The van der Waals surface area contributed by atoms with Crippen LogP contribution in [0.3, 0.4) is 0 Å². The third-order valence-corrected chi connectivity index (χ3v) is 8.45. The van der Waals surface area contributed by atoms with Crippen LogP contribution in [0.15, 0.2) is 61.1 Å². The number of amides is 1. The fourth-order valence-electron chi connectivity index (χ4n) is 3.44. The van der Waals surface area contributed by atoms with Crippen molar-refractivity contribution in [3.63, 3.8) is 0 Å². The molecular weight excluding hydrogens is 573 g/mol. The van der Waals surface area contributed by atoms with E-state index in [1.165, 1.54) is 20.2 Å². The molecule has 4 aromatic rings. The van der Waals surface area contributed by atoms with Gasteiger partial charge in [-0.15, -0.1) is 12.4 Å². The minimum Gasteiger partial charge on any atom is -0.456 e. The topological polar surface area (TPSA) is 115 Å². The Morgan fingerprint density at radius 1 is 1.11 bits per heavy atom. The second kappa shape index (κ2) is 11.8. The molecule has 38 heavy (non-hydrogen) atoms. The van der Waals surface area contributed by atoms with Crippen molar-refractivity contribution >= 4 is 73.9 Å². The molecule has 4 rings (SSSR count). The van der Waals surface area contributed by atoms with E-state index in [0.717, 1.165) is 11.8 Å². The fourth-order valence-corrected chi connectivity index (χ4v) is 4.25. The van der Waals surface area contributed by atoms with Crippen molar-refractivity contribution < 1.29 is 17.9 Å². The highest BCUT2D eigenvalue weighted by Gasteiger charge is 2.38. The number of fused-ring (bicyclic) bond motifs is 1. The molecule has 2 aromatic heterocycles. The van der Waals surface area contributed by atoms with Crippen molar-refractivity contribution in [2.75, 3.05) is 18.1 Å². The van der Waals surface area contributed by atoms with Crippen LogP contribution in [0.25, 0.3) is 11.0 Å². The Labute approximate surface area is 236 Å². The van der Waals surface area contributed by atoms with Crippen molar-refractivity contribution in [3.05, 3.63) is 71.1 Å². The molecule has 2 aromatic carbocycles. The summed E-state index contributed by atoms with van der Waals surface area (Å²) in [7, 11) is -3.56. The maximum absolute atomic E-state index is 12.4. The lowest BCUT2D eigenvalue weighted by Gasteiger charge is -2.21. The van der Waals surface area contributed by atoms with E-state index in [0.29, 0.717) is 45.1 Å². The standard InChI is InChI=1S/C25H25Cl2N5O4S.ClH/c1-25(2,37(3,34)35)24(33)28-10-12-32-11-9-20-22(32)23(30-15-29-20)31-17-7-8-21(19(27)14-17)36-18-6-4-5-16(26)13-18;/h4-9,11,13-15H,10,12H2,1-3H3,(H,28,33)(H,29,30,31);1H. The predicted octanol–water partition coefficient (Wildman–Crippen LogP) is 5.64. The van der Waals surface area contributed by atoms with Crippen molar-refractivity contribution in [3.8, 4) is 11.5 Å². The van der Waals surface area contributed by atoms with Gasteiger partial charge in [0.2, 0.25) is 5.91 Å². The number of hydrogen-bond acceptors (Lipinski definition) is 7. The Hall–Kier alpha value is -3.05. The number of carbonyl (C=O) groups is 1. The molecule has 0 atom stereocenters. The van der Waals surface area contributed by atoms with Crippen LogP contribution in [-0.2, 0) is 21.2 Å². The first-order chi connectivity index (χ1) is 17.5. The molecule has 13 heteroatoms. The number of nitrogens with one attached hydrogen (secondary N) is 2. The summed E-state index contributed by atoms with van der Waals surface area (Å²) in [4.78, 5) is 21.1. The summed E-state index contributed by atoms with van der Waals surface area (Å²) < 4.78 is 30.0. The van der Waals surface area contributed by atoms with Crippen molar-refractivity contribution in [2.24, 2.45) is 0 Å². The van der Waals surface area contributed by atoms with Crippen molar-refractivity contribution in [2.45, 2.75) is 25.1 Å². The number of anilines is 2. The highest BCUT2D eigenvalue weighted by molar-refractivity contribution is 7.92. The molecule has 0 saturated heterocycles. The SMILES string of the molecule is CC(C)(C(=O)NCCn1ccc2ncnc(Nc3ccc(Oc4cccc(Cl)c4)c(Cl)c3)c21)S(C)(=O)=O.Cl. The number of benzene rings is 2. The molecule has 0 saturated carbocycles. The molecule has 1 amide bonds. The second-order valence-corrected chi connectivity index (χ2v) is 12.2. The lowest BCUT2D eigenvalue weighted by atomic mass is 10.2. The number of carbonyl (C=O) groups excluding carboxylic acids is 1. The van der Waals surface area contributed by atoms with E-state index in [1.807, 2.05) is 16.8 Å². The van der Waals surface area contributed by atoms with Gasteiger partial charge < -0.3 is 19.9 Å². The summed E-state index contributed by atoms with van der Waals surface area (Å²) in [5.74, 6) is 1.02. The largest absolute Gasteiger partial charge is 0.456 e. The Bertz CT molecular complexity index is 1570. The summed E-state index contributed by atoms with van der Waals surface area (Å²) in [6.07, 6.45) is 4.32. The summed E-state index contributed by atoms with van der Waals surface area (Å²) >= 11 is 12.5. The highest BCUT2D eigenvalue weighted by Crippen LogP contribution is 2.34. The van der Waals surface area contributed by atoms with Crippen molar-refractivity contribution in [1.29, 1.82) is 0 Å². The number of ether oxygens (including phenoxy) is 1. The van der Waals surface area contributed by atoms with E-state index in [9.17, 15) is 13.2 Å². The number of hydrogen-bond donors (Lipinski definition) is 2. The minimum absolute atomic E-state index is 0. The van der Waals surface area contributed by atoms with E-state index in [2.05, 4.69) is 20.6 Å². The summed E-state index contributed by atoms with van der Waals surface area (Å²) in [6.45, 7) is 3.37. The van der Waals surface area contributed by atoms with Crippen LogP contribution in [0.1, 0.15) is 13.8 Å². The van der Waals surface area contributed by atoms with Gasteiger partial charge in [-0.05, 0) is 56.3 Å². The molecule has 0 unspecified atom stereocenters. The highest BCUT2D eigenvalue weighted by atomic mass is 35.5. The van der Waals surface area contributed by atoms with Gasteiger partial charge in [0.05, 0.1) is 10.5 Å². The van der Waals surface area contributed by atoms with Gasteiger partial charge in [0.1, 0.15) is 28.1 Å². The molecule has 0 fully saturated rings. The van der Waals surface area contributed by atoms with Gasteiger partial charge in [0.15, 0.2) is 15.7 Å². The molecule has 2 N–H and O–H groups in total. The van der Waals surface area contributed by atoms with E-state index in [4.69, 9.17) is 27.9 Å². The van der Waals surface area contributed by atoms with Crippen LogP contribution in [0.4, 0.5) is 11.5 Å². The number of rotatable bonds is 9. The number of nitrogens with zero attached hydrogens (tertiary/aromatic N) is 3. The molecule has 0 aliphatic carbocycles. The number of halogens is 3. The van der Waals surface area contributed by atoms with Gasteiger partial charge in [-0.2, -0.15) is 0 Å². The fraction of sp³-hybridized carbons (Fsp3) is 0.240. The second-order valence-electron chi connectivity index (χ2n) is 8.83. The van der Waals surface area contributed by atoms with Gasteiger partial charge in [-0.3, -0.25) is 4.79 Å². The summed E-state index contributed by atoms with van der Waals surface area (Å²) in [6, 6.07) is 14.1. The summed E-state index contributed by atoms with van der Waals surface area (Å²) in [5, 5.41) is 6.90. The average Bonchev–Trinajstić information content (AvgIpc) is 3.24. The van der Waals surface area contributed by atoms with E-state index < -0.39 is 20.5 Å². The lowest BCUT2D eigenvalue weighted by molar-refractivity contribution is -0.122. The molecule has 9 nitrogen and oxygen atoms in total. The maximum Gasteiger partial charge on any atom is 0.240 e. The van der Waals surface area contributed by atoms with Crippen LogP contribution in [0.2, 0.25) is 10.0 Å². The quantitative estimate of drug-likeness (QED) is 0.256.